The Balaban J connectivity index is 1.59. The van der Waals surface area contributed by atoms with Crippen molar-refractivity contribution in [3.05, 3.63) is 47.4 Å². The van der Waals surface area contributed by atoms with Gasteiger partial charge < -0.3 is 9.84 Å². The Morgan fingerprint density at radius 3 is 3.14 bits per heavy atom. The molecule has 0 saturated heterocycles. The monoisotopic (exact) mass is 294 g/mol. The molecule has 2 heterocycles. The zero-order valence-electron chi connectivity index (χ0n) is 12.5. The van der Waals surface area contributed by atoms with Crippen LogP contribution in [0.2, 0.25) is 0 Å². The molecule has 0 bridgehead atoms. The van der Waals surface area contributed by atoms with Crippen LogP contribution in [0.5, 0.6) is 0 Å². The van der Waals surface area contributed by atoms with Crippen LogP contribution in [0.25, 0.3) is 11.1 Å². The first-order chi connectivity index (χ1) is 10.8. The maximum atomic E-state index is 5.20. The van der Waals surface area contributed by atoms with Gasteiger partial charge >= 0.3 is 0 Å². The van der Waals surface area contributed by atoms with Crippen molar-refractivity contribution in [3.8, 4) is 0 Å². The Bertz CT molecular complexity index is 811. The Labute approximate surface area is 128 Å². The van der Waals surface area contributed by atoms with E-state index >= 15 is 0 Å². The summed E-state index contributed by atoms with van der Waals surface area (Å²) >= 11 is 0. The van der Waals surface area contributed by atoms with Gasteiger partial charge in [0.05, 0.1) is 5.69 Å². The van der Waals surface area contributed by atoms with Crippen molar-refractivity contribution in [2.24, 2.45) is 0 Å². The number of rotatable bonds is 3. The van der Waals surface area contributed by atoms with Crippen LogP contribution >= 0.6 is 0 Å². The lowest BCUT2D eigenvalue weighted by atomic mass is 9.83. The third-order valence-electron chi connectivity index (χ3n) is 4.45. The fraction of sp³-hybridized carbons (Fsp3) is 0.353. The number of aromatic nitrogens is 3. The highest BCUT2D eigenvalue weighted by Crippen LogP contribution is 2.32. The topological polar surface area (TPSA) is 63.8 Å². The van der Waals surface area contributed by atoms with Crippen molar-refractivity contribution in [1.82, 2.24) is 15.1 Å². The van der Waals surface area contributed by atoms with Gasteiger partial charge in [0.15, 0.2) is 0 Å². The molecular formula is C17H18N4O. The Morgan fingerprint density at radius 1 is 1.27 bits per heavy atom. The second-order valence-electron chi connectivity index (χ2n) is 5.84. The third-order valence-corrected chi connectivity index (χ3v) is 4.45. The fourth-order valence-corrected chi connectivity index (χ4v) is 3.34. The molecule has 1 aliphatic carbocycles. The summed E-state index contributed by atoms with van der Waals surface area (Å²) in [5.41, 5.74) is 4.31. The minimum atomic E-state index is 0.523. The smallest absolute Gasteiger partial charge is 0.263 e. The first-order valence-electron chi connectivity index (χ1n) is 7.71. The van der Waals surface area contributed by atoms with E-state index in [0.717, 1.165) is 23.4 Å². The van der Waals surface area contributed by atoms with Crippen molar-refractivity contribution < 1.29 is 4.52 Å². The summed E-state index contributed by atoms with van der Waals surface area (Å²) in [6.07, 6.45) is 5.16. The molecule has 1 unspecified atom stereocenters. The molecule has 22 heavy (non-hydrogen) atoms. The number of hydrogen-bond acceptors (Lipinski definition) is 5. The minimum absolute atomic E-state index is 0.523. The zero-order valence-corrected chi connectivity index (χ0v) is 12.5. The van der Waals surface area contributed by atoms with E-state index in [1.807, 2.05) is 6.92 Å². The second kappa shape index (κ2) is 5.40. The van der Waals surface area contributed by atoms with Crippen LogP contribution in [0.4, 0.5) is 5.82 Å². The normalized spacial score (nSPS) is 17.4. The van der Waals surface area contributed by atoms with Gasteiger partial charge in [-0.25, -0.2) is 4.98 Å². The molecule has 0 radical (unpaired) electrons. The molecular weight excluding hydrogens is 276 g/mol. The molecule has 1 aliphatic rings. The SMILES string of the molecule is Cc1noc2ncnc(NCC3CCCc4ccccc43)c12. The van der Waals surface area contributed by atoms with Gasteiger partial charge in [0.25, 0.3) is 5.71 Å². The van der Waals surface area contributed by atoms with Gasteiger partial charge in [-0.05, 0) is 37.3 Å². The predicted molar refractivity (Wildman–Crippen MR) is 84.9 cm³/mol. The highest BCUT2D eigenvalue weighted by molar-refractivity contribution is 5.87. The number of nitrogens with one attached hydrogen (secondary N) is 1. The first-order valence-corrected chi connectivity index (χ1v) is 7.71. The quantitative estimate of drug-likeness (QED) is 0.801. The number of benzene rings is 1. The van der Waals surface area contributed by atoms with E-state index in [0.29, 0.717) is 11.6 Å². The molecule has 0 fully saturated rings. The summed E-state index contributed by atoms with van der Waals surface area (Å²) in [4.78, 5) is 8.47. The van der Waals surface area contributed by atoms with Crippen LogP contribution in [0.1, 0.15) is 35.6 Å². The fourth-order valence-electron chi connectivity index (χ4n) is 3.34. The molecule has 112 valence electrons. The molecule has 1 atom stereocenters. The summed E-state index contributed by atoms with van der Waals surface area (Å²) in [6.45, 7) is 2.78. The number of anilines is 1. The van der Waals surface area contributed by atoms with E-state index in [-0.39, 0.29) is 0 Å². The van der Waals surface area contributed by atoms with Crippen LogP contribution in [0, 0.1) is 6.92 Å². The maximum Gasteiger partial charge on any atom is 0.263 e. The second-order valence-corrected chi connectivity index (χ2v) is 5.84. The average molecular weight is 294 g/mol. The van der Waals surface area contributed by atoms with E-state index in [2.05, 4.69) is 44.7 Å². The lowest BCUT2D eigenvalue weighted by Crippen LogP contribution is -2.18. The molecule has 5 nitrogen and oxygen atoms in total. The molecule has 0 amide bonds. The summed E-state index contributed by atoms with van der Waals surface area (Å²) in [5.74, 6) is 1.34. The van der Waals surface area contributed by atoms with Crippen molar-refractivity contribution in [2.45, 2.75) is 32.1 Å². The third kappa shape index (κ3) is 2.22. The molecule has 0 saturated carbocycles. The maximum absolute atomic E-state index is 5.20. The van der Waals surface area contributed by atoms with Crippen LogP contribution in [-0.2, 0) is 6.42 Å². The number of hydrogen-bond donors (Lipinski definition) is 1. The molecule has 0 aliphatic heterocycles. The average Bonchev–Trinajstić information content (AvgIpc) is 2.95. The van der Waals surface area contributed by atoms with Crippen molar-refractivity contribution in [3.63, 3.8) is 0 Å². The van der Waals surface area contributed by atoms with E-state index in [4.69, 9.17) is 4.52 Å². The molecule has 2 aromatic heterocycles. The van der Waals surface area contributed by atoms with Gasteiger partial charge in [0.1, 0.15) is 17.5 Å². The Morgan fingerprint density at radius 2 is 2.18 bits per heavy atom. The van der Waals surface area contributed by atoms with Crippen LogP contribution < -0.4 is 5.32 Å². The Hall–Kier alpha value is -2.43. The number of nitrogens with zero attached hydrogens (tertiary/aromatic N) is 3. The first kappa shape index (κ1) is 13.2. The summed E-state index contributed by atoms with van der Waals surface area (Å²) in [7, 11) is 0. The van der Waals surface area contributed by atoms with Crippen molar-refractivity contribution >= 4 is 16.9 Å². The van der Waals surface area contributed by atoms with Crippen molar-refractivity contribution in [1.29, 1.82) is 0 Å². The van der Waals surface area contributed by atoms with Gasteiger partial charge in [-0.15, -0.1) is 0 Å². The van der Waals surface area contributed by atoms with Gasteiger partial charge in [-0.3, -0.25) is 0 Å². The van der Waals surface area contributed by atoms with E-state index in [9.17, 15) is 0 Å². The minimum Gasteiger partial charge on any atom is -0.369 e. The highest BCUT2D eigenvalue weighted by Gasteiger charge is 2.20. The molecule has 5 heteroatoms. The summed E-state index contributed by atoms with van der Waals surface area (Å²) in [5, 5.41) is 8.32. The lowest BCUT2D eigenvalue weighted by molar-refractivity contribution is 0.442. The molecule has 1 aromatic carbocycles. The largest absolute Gasteiger partial charge is 0.369 e. The molecule has 0 spiro atoms. The predicted octanol–water partition coefficient (Wildman–Crippen LogP) is 3.46. The van der Waals surface area contributed by atoms with Gasteiger partial charge in [-0.1, -0.05) is 29.4 Å². The van der Waals surface area contributed by atoms with E-state index in [1.165, 1.54) is 36.7 Å². The van der Waals surface area contributed by atoms with E-state index in [1.54, 1.807) is 0 Å². The number of fused-ring (bicyclic) bond motifs is 2. The van der Waals surface area contributed by atoms with Crippen molar-refractivity contribution in [2.75, 3.05) is 11.9 Å². The molecule has 4 rings (SSSR count). The summed E-state index contributed by atoms with van der Waals surface area (Å²) < 4.78 is 5.20. The standard InChI is InChI=1S/C17H18N4O/c1-11-15-16(19-10-20-17(15)22-21-11)18-9-13-7-4-6-12-5-2-3-8-14(12)13/h2-3,5,8,10,13H,4,6-7,9H2,1H3,(H,18,19,20). The zero-order chi connectivity index (χ0) is 14.9. The van der Waals surface area contributed by atoms with Crippen LogP contribution in [0.15, 0.2) is 35.1 Å². The van der Waals surface area contributed by atoms with Gasteiger partial charge in [0.2, 0.25) is 0 Å². The van der Waals surface area contributed by atoms with Gasteiger partial charge in [-0.2, -0.15) is 4.98 Å². The lowest BCUT2D eigenvalue weighted by Gasteiger charge is -2.25. The van der Waals surface area contributed by atoms with Crippen LogP contribution in [0.3, 0.4) is 0 Å². The van der Waals surface area contributed by atoms with Gasteiger partial charge in [0, 0.05) is 12.5 Å². The Kier molecular flexibility index (Phi) is 3.25. The van der Waals surface area contributed by atoms with E-state index < -0.39 is 0 Å². The highest BCUT2D eigenvalue weighted by atomic mass is 16.5. The summed E-state index contributed by atoms with van der Waals surface area (Å²) in [6, 6.07) is 8.75. The van der Waals surface area contributed by atoms with Crippen LogP contribution in [-0.4, -0.2) is 21.7 Å². The molecule has 3 aromatic rings. The molecule has 1 N–H and O–H groups in total. The number of aryl methyl sites for hydroxylation is 2.